The smallest absolute Gasteiger partial charge is 0.142 e. The van der Waals surface area contributed by atoms with E-state index in [1.54, 1.807) is 0 Å². The summed E-state index contributed by atoms with van der Waals surface area (Å²) in [4.78, 5) is 4.64. The van der Waals surface area contributed by atoms with Gasteiger partial charge in [0.15, 0.2) is 0 Å². The summed E-state index contributed by atoms with van der Waals surface area (Å²) >= 11 is 0. The van der Waals surface area contributed by atoms with Crippen LogP contribution in [0.15, 0.2) is 24.5 Å². The van der Waals surface area contributed by atoms with E-state index in [0.29, 0.717) is 5.82 Å². The third-order valence-corrected chi connectivity index (χ3v) is 3.37. The molecule has 3 aromatic heterocycles. The van der Waals surface area contributed by atoms with Gasteiger partial charge in [0.2, 0.25) is 0 Å². The van der Waals surface area contributed by atoms with E-state index in [9.17, 15) is 0 Å². The molecule has 0 fully saturated rings. The summed E-state index contributed by atoms with van der Waals surface area (Å²) in [7, 11) is 1.91. The number of hydrogen-bond donors (Lipinski definition) is 1. The van der Waals surface area contributed by atoms with Crippen molar-refractivity contribution >= 4 is 11.5 Å². The molecule has 3 heterocycles. The van der Waals surface area contributed by atoms with E-state index in [-0.39, 0.29) is 0 Å². The highest BCUT2D eigenvalue weighted by Crippen LogP contribution is 2.29. The van der Waals surface area contributed by atoms with Crippen LogP contribution in [0.5, 0.6) is 0 Å². The molecule has 0 aliphatic heterocycles. The average molecular weight is 241 g/mol. The number of rotatable bonds is 1. The molecule has 0 bridgehead atoms. The summed E-state index contributed by atoms with van der Waals surface area (Å²) in [6, 6.07) is 4.00. The number of nitrogens with zero attached hydrogens (tertiary/aromatic N) is 4. The average Bonchev–Trinajstić information content (AvgIpc) is 2.84. The first kappa shape index (κ1) is 10.8. The monoisotopic (exact) mass is 241 g/mol. The summed E-state index contributed by atoms with van der Waals surface area (Å²) in [6.07, 6.45) is 3.74. The lowest BCUT2D eigenvalue weighted by molar-refractivity contribution is 0.740. The second-order valence-electron chi connectivity index (χ2n) is 4.50. The molecule has 0 saturated heterocycles. The first-order valence-electron chi connectivity index (χ1n) is 5.81. The second kappa shape index (κ2) is 3.60. The Labute approximate surface area is 105 Å². The number of aromatic nitrogens is 4. The number of pyridine rings is 1. The van der Waals surface area contributed by atoms with Crippen LogP contribution in [0.1, 0.15) is 11.3 Å². The number of nitrogen functional groups attached to an aromatic ring is 1. The van der Waals surface area contributed by atoms with E-state index in [0.717, 1.165) is 28.2 Å². The van der Waals surface area contributed by atoms with Crippen molar-refractivity contribution in [3.05, 3.63) is 35.8 Å². The maximum absolute atomic E-state index is 6.18. The fourth-order valence-corrected chi connectivity index (χ4v) is 2.15. The van der Waals surface area contributed by atoms with Crippen LogP contribution in [0.4, 0.5) is 5.82 Å². The van der Waals surface area contributed by atoms with Crippen LogP contribution in [0.25, 0.3) is 16.9 Å². The lowest BCUT2D eigenvalue weighted by Crippen LogP contribution is -1.95. The minimum Gasteiger partial charge on any atom is -0.383 e. The molecule has 5 nitrogen and oxygen atoms in total. The fraction of sp³-hybridized carbons (Fsp3) is 0.231. The number of anilines is 1. The topological polar surface area (TPSA) is 61.1 Å². The normalized spacial score (nSPS) is 11.3. The van der Waals surface area contributed by atoms with E-state index in [2.05, 4.69) is 10.1 Å². The Hall–Kier alpha value is -2.30. The molecular weight excluding hydrogens is 226 g/mol. The zero-order chi connectivity index (χ0) is 12.9. The van der Waals surface area contributed by atoms with Crippen molar-refractivity contribution in [2.75, 3.05) is 5.73 Å². The minimum absolute atomic E-state index is 0.657. The van der Waals surface area contributed by atoms with Crippen molar-refractivity contribution in [2.24, 2.45) is 7.05 Å². The van der Waals surface area contributed by atoms with Gasteiger partial charge in [-0.05, 0) is 25.5 Å². The number of aryl methyl sites for hydroxylation is 2. The Balaban J connectivity index is 2.34. The number of hydrogen-bond acceptors (Lipinski definition) is 3. The molecule has 0 saturated carbocycles. The molecule has 3 rings (SSSR count). The third-order valence-electron chi connectivity index (χ3n) is 3.37. The van der Waals surface area contributed by atoms with Crippen LogP contribution in [0.3, 0.4) is 0 Å². The quantitative estimate of drug-likeness (QED) is 0.708. The molecule has 0 aromatic carbocycles. The molecule has 5 heteroatoms. The van der Waals surface area contributed by atoms with E-state index in [1.807, 2.05) is 54.5 Å². The first-order valence-corrected chi connectivity index (χ1v) is 5.81. The van der Waals surface area contributed by atoms with Crippen molar-refractivity contribution in [1.82, 2.24) is 19.2 Å². The highest BCUT2D eigenvalue weighted by Gasteiger charge is 2.16. The van der Waals surface area contributed by atoms with Crippen LogP contribution >= 0.6 is 0 Å². The zero-order valence-electron chi connectivity index (χ0n) is 10.7. The molecule has 3 aromatic rings. The summed E-state index contributed by atoms with van der Waals surface area (Å²) in [5.41, 5.74) is 11.0. The Kier molecular flexibility index (Phi) is 2.16. The van der Waals surface area contributed by atoms with Gasteiger partial charge in [-0.2, -0.15) is 5.10 Å². The van der Waals surface area contributed by atoms with Gasteiger partial charge in [-0.25, -0.2) is 4.98 Å². The number of imidazole rings is 1. The van der Waals surface area contributed by atoms with Gasteiger partial charge in [0.1, 0.15) is 17.2 Å². The minimum atomic E-state index is 0.657. The third kappa shape index (κ3) is 1.33. The van der Waals surface area contributed by atoms with E-state index in [1.165, 1.54) is 0 Å². The van der Waals surface area contributed by atoms with Gasteiger partial charge < -0.3 is 5.73 Å². The molecule has 0 atom stereocenters. The van der Waals surface area contributed by atoms with Gasteiger partial charge in [-0.15, -0.1) is 0 Å². The van der Waals surface area contributed by atoms with Crippen molar-refractivity contribution in [3.63, 3.8) is 0 Å². The number of fused-ring (bicyclic) bond motifs is 1. The van der Waals surface area contributed by atoms with Crippen LogP contribution in [0, 0.1) is 13.8 Å². The Morgan fingerprint density at radius 2 is 2.06 bits per heavy atom. The highest BCUT2D eigenvalue weighted by molar-refractivity contribution is 5.76. The van der Waals surface area contributed by atoms with Crippen LogP contribution in [-0.4, -0.2) is 19.2 Å². The summed E-state index contributed by atoms with van der Waals surface area (Å²) in [5, 5.41) is 4.24. The van der Waals surface area contributed by atoms with Gasteiger partial charge >= 0.3 is 0 Å². The molecule has 0 unspecified atom stereocenters. The van der Waals surface area contributed by atoms with Gasteiger partial charge in [0.25, 0.3) is 0 Å². The van der Waals surface area contributed by atoms with Crippen LogP contribution in [0.2, 0.25) is 0 Å². The summed E-state index contributed by atoms with van der Waals surface area (Å²) in [6.45, 7) is 4.04. The molecule has 0 amide bonds. The molecule has 0 aliphatic rings. The SMILES string of the molecule is Cc1cccn2c(N)c(-c3cnn(C)c3C)nc12. The van der Waals surface area contributed by atoms with E-state index in [4.69, 9.17) is 5.73 Å². The van der Waals surface area contributed by atoms with Crippen molar-refractivity contribution in [1.29, 1.82) is 0 Å². The lowest BCUT2D eigenvalue weighted by atomic mass is 10.2. The molecule has 2 N–H and O–H groups in total. The zero-order valence-corrected chi connectivity index (χ0v) is 10.7. The predicted octanol–water partition coefficient (Wildman–Crippen LogP) is 1.93. The molecule has 18 heavy (non-hydrogen) atoms. The van der Waals surface area contributed by atoms with Crippen molar-refractivity contribution in [2.45, 2.75) is 13.8 Å². The maximum atomic E-state index is 6.18. The molecule has 0 aliphatic carbocycles. The van der Waals surface area contributed by atoms with Gasteiger partial charge in [0.05, 0.1) is 6.20 Å². The summed E-state index contributed by atoms with van der Waals surface area (Å²) < 4.78 is 3.74. The van der Waals surface area contributed by atoms with Crippen LogP contribution in [-0.2, 0) is 7.05 Å². The van der Waals surface area contributed by atoms with Crippen molar-refractivity contribution in [3.8, 4) is 11.3 Å². The van der Waals surface area contributed by atoms with Gasteiger partial charge in [-0.1, -0.05) is 6.07 Å². The molecule has 0 spiro atoms. The van der Waals surface area contributed by atoms with Crippen LogP contribution < -0.4 is 5.73 Å². The lowest BCUT2D eigenvalue weighted by Gasteiger charge is -1.99. The Bertz CT molecular complexity index is 735. The molecular formula is C13H15N5. The largest absolute Gasteiger partial charge is 0.383 e. The van der Waals surface area contributed by atoms with Gasteiger partial charge in [0, 0.05) is 24.5 Å². The first-order chi connectivity index (χ1) is 8.59. The van der Waals surface area contributed by atoms with Crippen molar-refractivity contribution < 1.29 is 0 Å². The maximum Gasteiger partial charge on any atom is 0.142 e. The fourth-order valence-electron chi connectivity index (χ4n) is 2.15. The number of nitrogens with two attached hydrogens (primary N) is 1. The highest BCUT2D eigenvalue weighted by atomic mass is 15.3. The van der Waals surface area contributed by atoms with E-state index >= 15 is 0 Å². The van der Waals surface area contributed by atoms with E-state index < -0.39 is 0 Å². The summed E-state index contributed by atoms with van der Waals surface area (Å²) in [5.74, 6) is 0.657. The predicted molar refractivity (Wildman–Crippen MR) is 71.3 cm³/mol. The Morgan fingerprint density at radius 1 is 1.28 bits per heavy atom. The second-order valence-corrected chi connectivity index (χ2v) is 4.50. The van der Waals surface area contributed by atoms with Gasteiger partial charge in [-0.3, -0.25) is 9.08 Å². The standard InChI is InChI=1S/C13H15N5/c1-8-5-4-6-18-12(14)11(16-13(8)18)10-7-15-17(3)9(10)2/h4-7H,14H2,1-3H3. The Morgan fingerprint density at radius 3 is 2.67 bits per heavy atom. The molecule has 0 radical (unpaired) electrons. The molecule has 92 valence electrons.